The molecule has 0 fully saturated rings. The zero-order valence-corrected chi connectivity index (χ0v) is 12.1. The summed E-state index contributed by atoms with van der Waals surface area (Å²) in [6, 6.07) is 2.55. The van der Waals surface area contributed by atoms with Crippen molar-refractivity contribution >= 4 is 27.3 Å². The molecule has 0 saturated heterocycles. The van der Waals surface area contributed by atoms with Crippen molar-refractivity contribution in [2.45, 2.75) is 24.0 Å². The van der Waals surface area contributed by atoms with E-state index in [4.69, 9.17) is 10.2 Å². The van der Waals surface area contributed by atoms with Crippen molar-refractivity contribution in [3.05, 3.63) is 17.0 Å². The fourth-order valence-corrected chi connectivity index (χ4v) is 3.82. The maximum absolute atomic E-state index is 11.9. The van der Waals surface area contributed by atoms with Gasteiger partial charge < -0.3 is 10.2 Å². The normalized spacial score (nSPS) is 13.4. The highest BCUT2D eigenvalue weighted by atomic mass is 32.2. The van der Waals surface area contributed by atoms with Crippen molar-refractivity contribution in [3.63, 3.8) is 0 Å². The second-order valence-corrected chi connectivity index (χ2v) is 7.14. The van der Waals surface area contributed by atoms with Gasteiger partial charge in [-0.05, 0) is 24.5 Å². The average molecular weight is 307 g/mol. The molecule has 8 heteroatoms. The molecule has 0 aliphatic heterocycles. The number of carbonyl (C=O) groups is 1. The minimum atomic E-state index is -3.67. The number of carboxylic acids is 1. The number of thiophene rings is 1. The fraction of sp³-hybridized carbons (Fsp3) is 0.545. The Morgan fingerprint density at radius 3 is 2.63 bits per heavy atom. The van der Waals surface area contributed by atoms with E-state index >= 15 is 0 Å². The van der Waals surface area contributed by atoms with E-state index in [-0.39, 0.29) is 28.2 Å². The van der Waals surface area contributed by atoms with E-state index in [0.29, 0.717) is 6.42 Å². The molecule has 108 valence electrons. The van der Waals surface area contributed by atoms with Gasteiger partial charge in [0.05, 0.1) is 0 Å². The minimum Gasteiger partial charge on any atom is -0.477 e. The van der Waals surface area contributed by atoms with Gasteiger partial charge in [0.25, 0.3) is 0 Å². The predicted molar refractivity (Wildman–Crippen MR) is 72.0 cm³/mol. The molecule has 1 unspecified atom stereocenters. The van der Waals surface area contributed by atoms with E-state index in [1.54, 1.807) is 0 Å². The second-order valence-electron chi connectivity index (χ2n) is 4.06. The topological polar surface area (TPSA) is 104 Å². The van der Waals surface area contributed by atoms with Gasteiger partial charge in [0, 0.05) is 13.2 Å². The molecule has 1 atom stereocenters. The number of aliphatic hydroxyl groups excluding tert-OH is 1. The first-order valence-corrected chi connectivity index (χ1v) is 8.14. The van der Waals surface area contributed by atoms with Crippen LogP contribution in [-0.4, -0.2) is 37.8 Å². The molecule has 1 aromatic rings. The van der Waals surface area contributed by atoms with Crippen LogP contribution in [0.15, 0.2) is 16.3 Å². The summed E-state index contributed by atoms with van der Waals surface area (Å²) in [5, 5.41) is 17.6. The summed E-state index contributed by atoms with van der Waals surface area (Å²) in [6.07, 6.45) is 1.29. The molecule has 0 spiro atoms. The van der Waals surface area contributed by atoms with Crippen LogP contribution in [0.5, 0.6) is 0 Å². The van der Waals surface area contributed by atoms with E-state index in [0.717, 1.165) is 17.8 Å². The number of hydrogen-bond donors (Lipinski definition) is 3. The van der Waals surface area contributed by atoms with Crippen LogP contribution in [-0.2, 0) is 10.0 Å². The Bertz CT molecular complexity index is 523. The van der Waals surface area contributed by atoms with Gasteiger partial charge in [-0.2, -0.15) is 0 Å². The van der Waals surface area contributed by atoms with Crippen molar-refractivity contribution in [2.24, 2.45) is 5.92 Å². The molecule has 19 heavy (non-hydrogen) atoms. The van der Waals surface area contributed by atoms with Gasteiger partial charge in [-0.25, -0.2) is 17.9 Å². The third-order valence-electron chi connectivity index (χ3n) is 2.73. The van der Waals surface area contributed by atoms with E-state index in [9.17, 15) is 13.2 Å². The second kappa shape index (κ2) is 6.99. The Morgan fingerprint density at radius 2 is 2.16 bits per heavy atom. The van der Waals surface area contributed by atoms with Crippen molar-refractivity contribution in [2.75, 3.05) is 13.2 Å². The molecule has 0 aromatic carbocycles. The summed E-state index contributed by atoms with van der Waals surface area (Å²) >= 11 is 0.721. The molecule has 0 amide bonds. The molecular formula is C11H17NO5S2. The number of nitrogens with one attached hydrogen (secondary N) is 1. The van der Waals surface area contributed by atoms with Gasteiger partial charge >= 0.3 is 5.97 Å². The maximum Gasteiger partial charge on any atom is 0.345 e. The van der Waals surface area contributed by atoms with Crippen molar-refractivity contribution in [3.8, 4) is 0 Å². The van der Waals surface area contributed by atoms with Crippen LogP contribution in [0, 0.1) is 5.92 Å². The van der Waals surface area contributed by atoms with E-state index < -0.39 is 16.0 Å². The first kappa shape index (κ1) is 16.1. The van der Waals surface area contributed by atoms with Crippen molar-refractivity contribution in [1.29, 1.82) is 0 Å². The van der Waals surface area contributed by atoms with Crippen LogP contribution in [0.2, 0.25) is 0 Å². The number of hydrogen-bond acceptors (Lipinski definition) is 5. The zero-order chi connectivity index (χ0) is 14.5. The standard InChI is InChI=1S/C11H17NO5S2/c1-2-8(5-6-13)7-12-19(16,17)10-4-3-9(18-10)11(14)15/h3-4,8,12-13H,2,5-7H2,1H3,(H,14,15). The number of aromatic carboxylic acids is 1. The molecule has 3 N–H and O–H groups in total. The van der Waals surface area contributed by atoms with Gasteiger partial charge in [0.15, 0.2) is 0 Å². The smallest absolute Gasteiger partial charge is 0.345 e. The number of aliphatic hydroxyl groups is 1. The Balaban J connectivity index is 2.72. The van der Waals surface area contributed by atoms with Gasteiger partial charge in [0.1, 0.15) is 9.09 Å². The van der Waals surface area contributed by atoms with Gasteiger partial charge in [-0.1, -0.05) is 13.3 Å². The number of rotatable bonds is 8. The first-order chi connectivity index (χ1) is 8.90. The predicted octanol–water partition coefficient (Wildman–Crippen LogP) is 1.13. The first-order valence-electron chi connectivity index (χ1n) is 5.84. The molecule has 0 saturated carbocycles. The van der Waals surface area contributed by atoms with E-state index in [2.05, 4.69) is 4.72 Å². The molecule has 1 rings (SSSR count). The lowest BCUT2D eigenvalue weighted by atomic mass is 10.0. The Kier molecular flexibility index (Phi) is 5.92. The summed E-state index contributed by atoms with van der Waals surface area (Å²) < 4.78 is 26.3. The van der Waals surface area contributed by atoms with E-state index in [1.807, 2.05) is 6.92 Å². The highest BCUT2D eigenvalue weighted by molar-refractivity contribution is 7.91. The minimum absolute atomic E-state index is 0.0104. The lowest BCUT2D eigenvalue weighted by Gasteiger charge is -2.13. The Morgan fingerprint density at radius 1 is 1.47 bits per heavy atom. The maximum atomic E-state index is 11.9. The lowest BCUT2D eigenvalue weighted by molar-refractivity contribution is 0.0702. The molecule has 0 bridgehead atoms. The van der Waals surface area contributed by atoms with Crippen molar-refractivity contribution < 1.29 is 23.4 Å². The number of sulfonamides is 1. The summed E-state index contributed by atoms with van der Waals surface area (Å²) in [6.45, 7) is 2.17. The summed E-state index contributed by atoms with van der Waals surface area (Å²) in [4.78, 5) is 10.7. The summed E-state index contributed by atoms with van der Waals surface area (Å²) in [5.74, 6) is -1.07. The quantitative estimate of drug-likeness (QED) is 0.668. The fourth-order valence-electron chi connectivity index (χ4n) is 1.51. The average Bonchev–Trinajstić information content (AvgIpc) is 2.85. The third-order valence-corrected chi connectivity index (χ3v) is 5.72. The van der Waals surface area contributed by atoms with Gasteiger partial charge in [-0.3, -0.25) is 0 Å². The molecule has 0 aliphatic carbocycles. The highest BCUT2D eigenvalue weighted by Gasteiger charge is 2.20. The highest BCUT2D eigenvalue weighted by Crippen LogP contribution is 2.21. The molecule has 6 nitrogen and oxygen atoms in total. The van der Waals surface area contributed by atoms with Crippen LogP contribution < -0.4 is 4.72 Å². The van der Waals surface area contributed by atoms with Gasteiger partial charge in [-0.15, -0.1) is 11.3 Å². The molecule has 0 aliphatic rings. The Labute approximate surface area is 116 Å². The van der Waals surface area contributed by atoms with Crippen molar-refractivity contribution in [1.82, 2.24) is 4.72 Å². The largest absolute Gasteiger partial charge is 0.477 e. The summed E-state index contributed by atoms with van der Waals surface area (Å²) in [5.41, 5.74) is 0. The SMILES string of the molecule is CCC(CCO)CNS(=O)(=O)c1ccc(C(=O)O)s1. The van der Waals surface area contributed by atoms with Crippen LogP contribution >= 0.6 is 11.3 Å². The lowest BCUT2D eigenvalue weighted by Crippen LogP contribution is -2.29. The molecule has 1 aromatic heterocycles. The van der Waals surface area contributed by atoms with Crippen LogP contribution in [0.25, 0.3) is 0 Å². The number of carboxylic acid groups (broad SMARTS) is 1. The van der Waals surface area contributed by atoms with E-state index in [1.165, 1.54) is 12.1 Å². The monoisotopic (exact) mass is 307 g/mol. The van der Waals surface area contributed by atoms with Crippen LogP contribution in [0.3, 0.4) is 0 Å². The Hall–Kier alpha value is -0.960. The summed E-state index contributed by atoms with van der Waals surface area (Å²) in [7, 11) is -3.67. The molecule has 1 heterocycles. The van der Waals surface area contributed by atoms with Gasteiger partial charge in [0.2, 0.25) is 10.0 Å². The van der Waals surface area contributed by atoms with Crippen LogP contribution in [0.1, 0.15) is 29.4 Å². The zero-order valence-electron chi connectivity index (χ0n) is 10.5. The molecular weight excluding hydrogens is 290 g/mol. The van der Waals surface area contributed by atoms with Crippen LogP contribution in [0.4, 0.5) is 0 Å². The molecule has 0 radical (unpaired) electrons. The third kappa shape index (κ3) is 4.57.